The maximum absolute atomic E-state index is 13.8. The summed E-state index contributed by atoms with van der Waals surface area (Å²) < 4.78 is 27.5. The number of carbonyl (C=O) groups is 1. The van der Waals surface area contributed by atoms with Crippen molar-refractivity contribution in [2.75, 3.05) is 13.1 Å². The summed E-state index contributed by atoms with van der Waals surface area (Å²) >= 11 is 0. The van der Waals surface area contributed by atoms with Crippen LogP contribution < -0.4 is 0 Å². The van der Waals surface area contributed by atoms with Crippen LogP contribution in [0.3, 0.4) is 0 Å². The van der Waals surface area contributed by atoms with Crippen LogP contribution in [-0.4, -0.2) is 45.4 Å². The third-order valence-corrected chi connectivity index (χ3v) is 5.12. The summed E-state index contributed by atoms with van der Waals surface area (Å²) in [5, 5.41) is 3.45. The molecule has 1 amide bonds. The zero-order valence-corrected chi connectivity index (χ0v) is 13.5. The molecule has 0 spiro atoms. The molecule has 2 atom stereocenters. The van der Waals surface area contributed by atoms with E-state index in [1.807, 2.05) is 11.9 Å². The summed E-state index contributed by atoms with van der Waals surface area (Å²) in [5.74, 6) is -0.461. The molecule has 7 heteroatoms. The number of carbonyl (C=O) groups excluding carboxylic acids is 1. The number of aryl methyl sites for hydroxylation is 1. The quantitative estimate of drug-likeness (QED) is 0.858. The second kappa shape index (κ2) is 6.11. The van der Waals surface area contributed by atoms with Gasteiger partial charge in [0.2, 0.25) is 5.91 Å². The SMILES string of the molecule is CC[C@@]1(C(F)F)CCCN2CCC(c3cnc(C)cn3)N2C1=O. The maximum Gasteiger partial charge on any atom is 0.252 e. The summed E-state index contributed by atoms with van der Waals surface area (Å²) in [6, 6.07) is -0.293. The van der Waals surface area contributed by atoms with Gasteiger partial charge in [0.1, 0.15) is 5.41 Å². The summed E-state index contributed by atoms with van der Waals surface area (Å²) in [4.78, 5) is 21.6. The first-order valence-corrected chi connectivity index (χ1v) is 8.15. The van der Waals surface area contributed by atoms with Gasteiger partial charge in [-0.05, 0) is 32.6 Å². The van der Waals surface area contributed by atoms with E-state index in [9.17, 15) is 13.6 Å². The molecule has 0 aliphatic carbocycles. The van der Waals surface area contributed by atoms with E-state index in [1.54, 1.807) is 24.3 Å². The molecule has 1 unspecified atom stereocenters. The molecule has 0 aromatic carbocycles. The van der Waals surface area contributed by atoms with E-state index >= 15 is 0 Å². The van der Waals surface area contributed by atoms with Crippen LogP contribution >= 0.6 is 0 Å². The van der Waals surface area contributed by atoms with Crippen molar-refractivity contribution in [3.8, 4) is 0 Å². The van der Waals surface area contributed by atoms with Gasteiger partial charge in [-0.3, -0.25) is 19.8 Å². The molecule has 5 nitrogen and oxygen atoms in total. The summed E-state index contributed by atoms with van der Waals surface area (Å²) in [7, 11) is 0. The molecule has 0 saturated carbocycles. The highest BCUT2D eigenvalue weighted by molar-refractivity contribution is 5.83. The highest BCUT2D eigenvalue weighted by atomic mass is 19.3. The lowest BCUT2D eigenvalue weighted by atomic mass is 9.79. The molecule has 3 rings (SSSR count). The van der Waals surface area contributed by atoms with E-state index < -0.39 is 17.7 Å². The van der Waals surface area contributed by atoms with E-state index in [2.05, 4.69) is 9.97 Å². The Balaban J connectivity index is 1.97. The van der Waals surface area contributed by atoms with E-state index in [1.165, 1.54) is 0 Å². The highest BCUT2D eigenvalue weighted by Crippen LogP contribution is 2.44. The van der Waals surface area contributed by atoms with Crippen molar-refractivity contribution >= 4 is 5.91 Å². The van der Waals surface area contributed by atoms with Gasteiger partial charge in [-0.2, -0.15) is 0 Å². The van der Waals surface area contributed by atoms with E-state index in [0.29, 0.717) is 31.6 Å². The van der Waals surface area contributed by atoms with Crippen LogP contribution in [-0.2, 0) is 4.79 Å². The van der Waals surface area contributed by atoms with Gasteiger partial charge in [0, 0.05) is 19.3 Å². The molecule has 1 aromatic rings. The van der Waals surface area contributed by atoms with Crippen LogP contribution in [0.2, 0.25) is 0 Å². The van der Waals surface area contributed by atoms with Crippen LogP contribution in [0.5, 0.6) is 0 Å². The Bertz CT molecular complexity index is 580. The third kappa shape index (κ3) is 2.60. The number of alkyl halides is 2. The van der Waals surface area contributed by atoms with Gasteiger partial charge in [-0.1, -0.05) is 6.92 Å². The van der Waals surface area contributed by atoms with Crippen molar-refractivity contribution in [3.63, 3.8) is 0 Å². The Morgan fingerprint density at radius 1 is 1.35 bits per heavy atom. The molecule has 2 fully saturated rings. The second-order valence-electron chi connectivity index (χ2n) is 6.40. The first-order valence-electron chi connectivity index (χ1n) is 8.15. The monoisotopic (exact) mass is 324 g/mol. The molecule has 3 heterocycles. The van der Waals surface area contributed by atoms with Crippen molar-refractivity contribution in [3.05, 3.63) is 23.8 Å². The van der Waals surface area contributed by atoms with Crippen LogP contribution in [0.1, 0.15) is 50.0 Å². The molecule has 126 valence electrons. The van der Waals surface area contributed by atoms with Crippen LogP contribution in [0.25, 0.3) is 0 Å². The van der Waals surface area contributed by atoms with Crippen LogP contribution in [0.4, 0.5) is 8.78 Å². The van der Waals surface area contributed by atoms with Gasteiger partial charge in [-0.25, -0.2) is 13.8 Å². The van der Waals surface area contributed by atoms with Gasteiger partial charge in [-0.15, -0.1) is 0 Å². The number of fused-ring (bicyclic) bond motifs is 1. The third-order valence-electron chi connectivity index (χ3n) is 5.12. The normalized spacial score (nSPS) is 29.0. The zero-order valence-electron chi connectivity index (χ0n) is 13.5. The molecular formula is C16H22F2N4O. The molecule has 23 heavy (non-hydrogen) atoms. The van der Waals surface area contributed by atoms with Gasteiger partial charge in [0.15, 0.2) is 0 Å². The number of hydrogen-bond acceptors (Lipinski definition) is 4. The number of rotatable bonds is 3. The van der Waals surface area contributed by atoms with Gasteiger partial charge in [0.05, 0.1) is 23.6 Å². The molecule has 0 bridgehead atoms. The predicted octanol–water partition coefficient (Wildman–Crippen LogP) is 2.73. The summed E-state index contributed by atoms with van der Waals surface area (Å²) in [5.41, 5.74) is -0.107. The largest absolute Gasteiger partial charge is 0.273 e. The Labute approximate surface area is 134 Å². The lowest BCUT2D eigenvalue weighted by Gasteiger charge is -2.37. The van der Waals surface area contributed by atoms with Gasteiger partial charge >= 0.3 is 0 Å². The Hall–Kier alpha value is -1.63. The molecule has 0 N–H and O–H groups in total. The molecule has 2 aliphatic heterocycles. The van der Waals surface area contributed by atoms with Crippen LogP contribution in [0.15, 0.2) is 12.4 Å². The Kier molecular flexibility index (Phi) is 4.31. The number of hydrazine groups is 1. The smallest absolute Gasteiger partial charge is 0.252 e. The lowest BCUT2D eigenvalue weighted by Crippen LogP contribution is -2.50. The molecule has 1 aromatic heterocycles. The fourth-order valence-electron chi connectivity index (χ4n) is 3.63. The standard InChI is InChI=1S/C16H22F2N4O/c1-3-16(14(17)18)6-4-7-21-8-5-13(22(21)15(16)23)12-10-19-11(2)9-20-12/h9-10,13-14H,3-8H2,1-2H3/t13?,16-/m0/s1. The fourth-order valence-corrected chi connectivity index (χ4v) is 3.63. The van der Waals surface area contributed by atoms with Crippen molar-refractivity contribution < 1.29 is 13.6 Å². The minimum absolute atomic E-state index is 0.153. The van der Waals surface area contributed by atoms with Crippen LogP contribution in [0, 0.1) is 12.3 Å². The first-order chi connectivity index (χ1) is 11.0. The zero-order chi connectivity index (χ0) is 16.6. The Morgan fingerprint density at radius 3 is 2.74 bits per heavy atom. The fraction of sp³-hybridized carbons (Fsp3) is 0.688. The number of aromatic nitrogens is 2. The molecule has 2 aliphatic rings. The minimum atomic E-state index is -2.65. The molecule has 0 radical (unpaired) electrons. The Morgan fingerprint density at radius 2 is 2.13 bits per heavy atom. The predicted molar refractivity (Wildman–Crippen MR) is 80.5 cm³/mol. The minimum Gasteiger partial charge on any atom is -0.273 e. The topological polar surface area (TPSA) is 49.3 Å². The highest BCUT2D eigenvalue weighted by Gasteiger charge is 2.53. The summed E-state index contributed by atoms with van der Waals surface area (Å²) in [6.07, 6.45) is 2.35. The first kappa shape index (κ1) is 16.2. The lowest BCUT2D eigenvalue weighted by molar-refractivity contribution is -0.166. The molecule has 2 saturated heterocycles. The van der Waals surface area contributed by atoms with Gasteiger partial charge in [0.25, 0.3) is 6.43 Å². The molecular weight excluding hydrogens is 302 g/mol. The van der Waals surface area contributed by atoms with E-state index in [0.717, 1.165) is 5.69 Å². The number of hydrogen-bond donors (Lipinski definition) is 0. The number of halogens is 2. The average molecular weight is 324 g/mol. The van der Waals surface area contributed by atoms with Crippen molar-refractivity contribution in [1.29, 1.82) is 0 Å². The average Bonchev–Trinajstić information content (AvgIpc) is 2.89. The summed E-state index contributed by atoms with van der Waals surface area (Å²) in [6.45, 7) is 4.84. The second-order valence-corrected chi connectivity index (χ2v) is 6.40. The van der Waals surface area contributed by atoms with Crippen molar-refractivity contribution in [1.82, 2.24) is 20.0 Å². The van der Waals surface area contributed by atoms with E-state index in [4.69, 9.17) is 0 Å². The maximum atomic E-state index is 13.8. The number of amides is 1. The van der Waals surface area contributed by atoms with Crippen molar-refractivity contribution in [2.45, 2.75) is 52.0 Å². The van der Waals surface area contributed by atoms with Gasteiger partial charge < -0.3 is 0 Å². The van der Waals surface area contributed by atoms with Crippen molar-refractivity contribution in [2.24, 2.45) is 5.41 Å². The van der Waals surface area contributed by atoms with E-state index in [-0.39, 0.29) is 18.9 Å². The number of nitrogens with zero attached hydrogens (tertiary/aromatic N) is 4.